The molecule has 0 unspecified atom stereocenters. The Morgan fingerprint density at radius 3 is 2.62 bits per heavy atom. The van der Waals surface area contributed by atoms with E-state index >= 15 is 0 Å². The minimum absolute atomic E-state index is 0.0432. The summed E-state index contributed by atoms with van der Waals surface area (Å²) in [5.74, 6) is -0.150. The molecular weight excluding hydrogens is 492 g/mol. The average molecular weight is 513 g/mol. The third-order valence-electron chi connectivity index (χ3n) is 5.48. The summed E-state index contributed by atoms with van der Waals surface area (Å²) < 4.78 is 26.0. The molecule has 1 aromatic heterocycles. The van der Waals surface area contributed by atoms with Crippen molar-refractivity contribution in [3.8, 4) is 0 Å². The van der Waals surface area contributed by atoms with E-state index in [1.807, 2.05) is 24.3 Å². The van der Waals surface area contributed by atoms with Gasteiger partial charge in [0.2, 0.25) is 11.6 Å². The number of carbonyl (C=O) groups excluding carboxylic acids is 1. The molecule has 0 radical (unpaired) electrons. The number of hydrogen-bond donors (Lipinski definition) is 1. The predicted molar refractivity (Wildman–Crippen MR) is 137 cm³/mol. The number of amides is 1. The maximum atomic E-state index is 12.9. The number of carbonyl (C=O) groups is 1. The van der Waals surface area contributed by atoms with Crippen molar-refractivity contribution in [1.82, 2.24) is 0 Å². The molecule has 1 aliphatic rings. The molecule has 0 atom stereocenters. The zero-order valence-corrected chi connectivity index (χ0v) is 20.7. The average Bonchev–Trinajstić information content (AvgIpc) is 3.21. The lowest BCUT2D eigenvalue weighted by molar-refractivity contribution is -0.118. The Kier molecular flexibility index (Phi) is 7.03. The van der Waals surface area contributed by atoms with Gasteiger partial charge in [-0.05, 0) is 47.9 Å². The highest BCUT2D eigenvalue weighted by atomic mass is 35.5. The van der Waals surface area contributed by atoms with E-state index in [-0.39, 0.29) is 21.7 Å². The highest BCUT2D eigenvalue weighted by Crippen LogP contribution is 2.35. The van der Waals surface area contributed by atoms with E-state index in [1.54, 1.807) is 29.2 Å². The van der Waals surface area contributed by atoms with Gasteiger partial charge in [-0.15, -0.1) is 11.3 Å². The van der Waals surface area contributed by atoms with Crippen molar-refractivity contribution in [2.75, 3.05) is 23.0 Å². The molecule has 10 heteroatoms. The van der Waals surface area contributed by atoms with Crippen LogP contribution in [-0.2, 0) is 27.6 Å². The lowest BCUT2D eigenvalue weighted by Crippen LogP contribution is -2.29. The number of rotatable bonds is 5. The van der Waals surface area contributed by atoms with Gasteiger partial charge in [-0.25, -0.2) is 13.3 Å². The number of fused-ring (bicyclic) bond motifs is 1. The number of nitrogens with one attached hydrogen (secondary N) is 1. The van der Waals surface area contributed by atoms with Gasteiger partial charge >= 0.3 is 0 Å². The number of aliphatic imine (C=N–C) groups is 1. The second-order valence-electron chi connectivity index (χ2n) is 7.68. The zero-order chi connectivity index (χ0) is 24.3. The van der Waals surface area contributed by atoms with Gasteiger partial charge in [-0.2, -0.15) is 0 Å². The Morgan fingerprint density at radius 2 is 1.94 bits per heavy atom. The molecule has 174 valence electrons. The van der Waals surface area contributed by atoms with Crippen LogP contribution in [0.1, 0.15) is 17.5 Å². The van der Waals surface area contributed by atoms with E-state index in [4.69, 9.17) is 18.2 Å². The van der Waals surface area contributed by atoms with Crippen LogP contribution in [0, 0.1) is 6.57 Å². The summed E-state index contributed by atoms with van der Waals surface area (Å²) in [6, 6.07) is 16.0. The highest BCUT2D eigenvalue weighted by molar-refractivity contribution is 7.94. The normalized spacial score (nSPS) is 14.3. The van der Waals surface area contributed by atoms with Crippen LogP contribution >= 0.6 is 22.9 Å². The predicted octanol–water partition coefficient (Wildman–Crippen LogP) is 5.35. The zero-order valence-electron chi connectivity index (χ0n) is 18.3. The first-order valence-electron chi connectivity index (χ1n) is 10.4. The van der Waals surface area contributed by atoms with Crippen LogP contribution in [-0.4, -0.2) is 33.0 Å². The van der Waals surface area contributed by atoms with Gasteiger partial charge < -0.3 is 10.2 Å². The Morgan fingerprint density at radius 1 is 1.18 bits per heavy atom. The molecule has 0 spiro atoms. The monoisotopic (exact) mass is 512 g/mol. The maximum Gasteiger partial charge on any atom is 0.226 e. The number of amidine groups is 1. The fourth-order valence-electron chi connectivity index (χ4n) is 3.77. The minimum atomic E-state index is -3.62. The molecular formula is C24H21ClN4O3S2. The third kappa shape index (κ3) is 5.14. The second kappa shape index (κ2) is 9.97. The van der Waals surface area contributed by atoms with E-state index in [0.717, 1.165) is 22.5 Å². The van der Waals surface area contributed by atoms with Crippen LogP contribution in [0.15, 0.2) is 63.8 Å². The van der Waals surface area contributed by atoms with Gasteiger partial charge in [-0.1, -0.05) is 35.9 Å². The Labute approximate surface area is 207 Å². The summed E-state index contributed by atoms with van der Waals surface area (Å²) in [7, 11) is -2.13. The largest absolute Gasteiger partial charge is 0.344 e. The number of anilines is 2. The number of thiophene rings is 1. The molecule has 0 bridgehead atoms. The van der Waals surface area contributed by atoms with E-state index in [1.165, 1.54) is 13.1 Å². The highest BCUT2D eigenvalue weighted by Gasteiger charge is 2.24. The summed E-state index contributed by atoms with van der Waals surface area (Å²) in [5.41, 5.74) is 3.53. The summed E-state index contributed by atoms with van der Waals surface area (Å²) in [6.45, 7) is 8.07. The number of nitrogens with zero attached hydrogens (tertiary/aromatic N) is 3. The molecule has 0 fully saturated rings. The van der Waals surface area contributed by atoms with Crippen LogP contribution in [0.25, 0.3) is 4.85 Å². The topological polar surface area (TPSA) is 83.2 Å². The van der Waals surface area contributed by atoms with Crippen molar-refractivity contribution in [2.24, 2.45) is 4.99 Å². The quantitative estimate of drug-likeness (QED) is 0.284. The molecule has 4 rings (SSSR count). The first-order valence-corrected chi connectivity index (χ1v) is 13.2. The van der Waals surface area contributed by atoms with E-state index in [9.17, 15) is 13.2 Å². The van der Waals surface area contributed by atoms with Crippen molar-refractivity contribution < 1.29 is 13.2 Å². The van der Waals surface area contributed by atoms with Gasteiger partial charge in [0, 0.05) is 25.7 Å². The van der Waals surface area contributed by atoms with Gasteiger partial charge in [-0.3, -0.25) is 9.79 Å². The maximum absolute atomic E-state index is 12.9. The smallest absolute Gasteiger partial charge is 0.226 e. The van der Waals surface area contributed by atoms with Crippen LogP contribution in [0.3, 0.4) is 0 Å². The SMILES string of the molecule is [C-]#[N+]c1cc(NC(CS(=O)(=O)c2ccc(Cl)s2)=NC)ccc1N1Cc2ccccc2CCC1=O. The molecule has 1 N–H and O–H groups in total. The minimum Gasteiger partial charge on any atom is -0.344 e. The van der Waals surface area contributed by atoms with E-state index in [0.29, 0.717) is 40.8 Å². The number of hydrogen-bond acceptors (Lipinski definition) is 5. The molecule has 1 aliphatic heterocycles. The Hall–Kier alpha value is -3.19. The van der Waals surface area contributed by atoms with E-state index < -0.39 is 9.84 Å². The molecule has 0 saturated heterocycles. The number of sulfone groups is 1. The summed E-state index contributed by atoms with van der Waals surface area (Å²) in [4.78, 5) is 22.2. The summed E-state index contributed by atoms with van der Waals surface area (Å²) in [6.07, 6.45) is 1.03. The van der Waals surface area contributed by atoms with Crippen LogP contribution in [0.4, 0.5) is 17.1 Å². The molecule has 2 aromatic carbocycles. The van der Waals surface area contributed by atoms with Gasteiger partial charge in [0.1, 0.15) is 15.8 Å². The molecule has 0 saturated carbocycles. The Balaban J connectivity index is 1.57. The molecule has 1 amide bonds. The molecule has 3 aromatic rings. The van der Waals surface area contributed by atoms with Crippen LogP contribution < -0.4 is 10.2 Å². The summed E-state index contributed by atoms with van der Waals surface area (Å²) >= 11 is 6.87. The first kappa shape index (κ1) is 24.0. The van der Waals surface area contributed by atoms with Crippen molar-refractivity contribution in [3.63, 3.8) is 0 Å². The van der Waals surface area contributed by atoms with Crippen molar-refractivity contribution in [2.45, 2.75) is 23.6 Å². The van der Waals surface area contributed by atoms with Gasteiger partial charge in [0.05, 0.1) is 16.6 Å². The lowest BCUT2D eigenvalue weighted by atomic mass is 10.0. The number of aryl methyl sites for hydroxylation is 1. The van der Waals surface area contributed by atoms with Gasteiger partial charge in [0.15, 0.2) is 9.84 Å². The van der Waals surface area contributed by atoms with Crippen molar-refractivity contribution >= 4 is 61.6 Å². The summed E-state index contributed by atoms with van der Waals surface area (Å²) in [5, 5.41) is 3.00. The van der Waals surface area contributed by atoms with Gasteiger partial charge in [0.25, 0.3) is 0 Å². The van der Waals surface area contributed by atoms with Crippen molar-refractivity contribution in [3.05, 3.63) is 81.5 Å². The number of benzene rings is 2. The first-order chi connectivity index (χ1) is 16.3. The molecule has 2 heterocycles. The molecule has 7 nitrogen and oxygen atoms in total. The second-order valence-corrected chi connectivity index (χ2v) is 11.6. The van der Waals surface area contributed by atoms with Crippen LogP contribution in [0.2, 0.25) is 4.34 Å². The lowest BCUT2D eigenvalue weighted by Gasteiger charge is -2.23. The van der Waals surface area contributed by atoms with Crippen molar-refractivity contribution in [1.29, 1.82) is 0 Å². The standard InChI is InChI=1S/C24H21ClN4O3S2/c1-26-19-13-18(28-22(27-2)15-34(31,32)24-12-10-21(25)33-24)8-9-20(19)29-14-17-6-4-3-5-16(17)7-11-23(29)30/h3-6,8-10,12-13H,7,11,14-15H2,2H3,(H,27,28). The Bertz CT molecular complexity index is 1420. The molecule has 0 aliphatic carbocycles. The van der Waals surface area contributed by atoms with Crippen LogP contribution in [0.5, 0.6) is 0 Å². The fourth-order valence-corrected chi connectivity index (χ4v) is 6.62. The molecule has 34 heavy (non-hydrogen) atoms. The fraction of sp³-hybridized carbons (Fsp3) is 0.208. The van der Waals surface area contributed by atoms with E-state index in [2.05, 4.69) is 15.2 Å². The number of halogens is 1. The third-order valence-corrected chi connectivity index (χ3v) is 8.92.